The highest BCUT2D eigenvalue weighted by Gasteiger charge is 2.23. The van der Waals surface area contributed by atoms with Gasteiger partial charge in [-0.15, -0.1) is 0 Å². The molecule has 0 spiro atoms. The Bertz CT molecular complexity index is 441. The maximum atomic E-state index is 2.42. The molecule has 0 fully saturated rings. The number of hydrogen-bond acceptors (Lipinski definition) is 1. The fraction of sp³-hybridized carbons (Fsp3) is 0.231. The quantitative estimate of drug-likeness (QED) is 0.597. The molecule has 1 aromatic carbocycles. The van der Waals surface area contributed by atoms with Crippen LogP contribution in [0.5, 0.6) is 0 Å². The highest BCUT2D eigenvalue weighted by Crippen LogP contribution is 2.34. The maximum absolute atomic E-state index is 2.42. The third-order valence-electron chi connectivity index (χ3n) is 2.96. The molecule has 0 bridgehead atoms. The Hall–Kier alpha value is -1.50. The smallest absolute Gasteiger partial charge is 0.0449 e. The molecule has 1 heteroatoms. The Morgan fingerprint density at radius 2 is 2.21 bits per heavy atom. The third kappa shape index (κ3) is 1.02. The Balaban J connectivity index is 2.17. The van der Waals surface area contributed by atoms with Crippen molar-refractivity contribution in [2.24, 2.45) is 0 Å². The lowest BCUT2D eigenvalue weighted by Gasteiger charge is -2.20. The molecular weight excluding hydrogens is 170 g/mol. The van der Waals surface area contributed by atoms with Gasteiger partial charge in [0.15, 0.2) is 0 Å². The van der Waals surface area contributed by atoms with Crippen LogP contribution in [-0.2, 0) is 6.54 Å². The van der Waals surface area contributed by atoms with Crippen molar-refractivity contribution in [1.29, 1.82) is 0 Å². The highest BCUT2D eigenvalue weighted by molar-refractivity contribution is 5.73. The van der Waals surface area contributed by atoms with Crippen molar-refractivity contribution in [3.05, 3.63) is 53.1 Å². The second kappa shape index (κ2) is 2.74. The van der Waals surface area contributed by atoms with Crippen molar-refractivity contribution in [1.82, 2.24) is 4.90 Å². The molecule has 14 heavy (non-hydrogen) atoms. The summed E-state index contributed by atoms with van der Waals surface area (Å²) in [5, 5.41) is 0. The fourth-order valence-electron chi connectivity index (χ4n) is 2.23. The Morgan fingerprint density at radius 1 is 1.29 bits per heavy atom. The van der Waals surface area contributed by atoms with Gasteiger partial charge in [0.2, 0.25) is 0 Å². The maximum Gasteiger partial charge on any atom is 0.0449 e. The lowest BCUT2D eigenvalue weighted by Crippen LogP contribution is -2.16. The van der Waals surface area contributed by atoms with Gasteiger partial charge in [-0.1, -0.05) is 29.8 Å². The van der Waals surface area contributed by atoms with Gasteiger partial charge in [-0.2, -0.15) is 0 Å². The molecule has 0 radical (unpaired) electrons. The van der Waals surface area contributed by atoms with Gasteiger partial charge in [0.25, 0.3) is 0 Å². The van der Waals surface area contributed by atoms with Crippen LogP contribution in [0.25, 0.3) is 5.70 Å². The van der Waals surface area contributed by atoms with E-state index >= 15 is 0 Å². The predicted octanol–water partition coefficient (Wildman–Crippen LogP) is 2.72. The molecule has 1 nitrogen and oxygen atoms in total. The summed E-state index contributed by atoms with van der Waals surface area (Å²) in [4.78, 5) is 2.42. The molecule has 0 amide bonds. The van der Waals surface area contributed by atoms with Crippen LogP contribution in [0.2, 0.25) is 0 Å². The molecule has 0 unspecified atom stereocenters. The van der Waals surface area contributed by atoms with E-state index in [1.54, 1.807) is 0 Å². The van der Waals surface area contributed by atoms with Crippen LogP contribution in [0.3, 0.4) is 0 Å². The molecule has 0 atom stereocenters. The van der Waals surface area contributed by atoms with E-state index in [1.807, 2.05) is 0 Å². The molecule has 70 valence electrons. The van der Waals surface area contributed by atoms with Crippen molar-refractivity contribution in [2.75, 3.05) is 6.54 Å². The summed E-state index contributed by atoms with van der Waals surface area (Å²) >= 11 is 0. The number of hydrogen-bond donors (Lipinski definition) is 0. The van der Waals surface area contributed by atoms with Crippen LogP contribution in [0, 0.1) is 6.92 Å². The van der Waals surface area contributed by atoms with Crippen molar-refractivity contribution >= 4 is 5.70 Å². The van der Waals surface area contributed by atoms with E-state index < -0.39 is 0 Å². The summed E-state index contributed by atoms with van der Waals surface area (Å²) in [6, 6.07) is 6.75. The number of benzene rings is 1. The minimum Gasteiger partial charge on any atom is -0.363 e. The Kier molecular flexibility index (Phi) is 1.54. The van der Waals surface area contributed by atoms with Gasteiger partial charge < -0.3 is 4.90 Å². The molecule has 2 aliphatic rings. The normalized spacial score (nSPS) is 17.8. The van der Waals surface area contributed by atoms with Gasteiger partial charge in [-0.3, -0.25) is 0 Å². The van der Waals surface area contributed by atoms with E-state index in [2.05, 4.69) is 48.3 Å². The first-order valence-corrected chi connectivity index (χ1v) is 5.06. The molecule has 0 aromatic heterocycles. The summed E-state index contributed by atoms with van der Waals surface area (Å²) in [5.74, 6) is 0. The van der Waals surface area contributed by atoms with Crippen LogP contribution < -0.4 is 0 Å². The summed E-state index contributed by atoms with van der Waals surface area (Å²) in [6.45, 7) is 4.29. The van der Waals surface area contributed by atoms with Crippen molar-refractivity contribution in [3.8, 4) is 0 Å². The van der Waals surface area contributed by atoms with Crippen LogP contribution in [0.15, 0.2) is 36.4 Å². The lowest BCUT2D eigenvalue weighted by atomic mass is 10.0. The first-order chi connectivity index (χ1) is 6.84. The molecule has 0 aliphatic carbocycles. The lowest BCUT2D eigenvalue weighted by molar-refractivity contribution is 0.451. The van der Waals surface area contributed by atoms with Crippen molar-refractivity contribution in [3.63, 3.8) is 0 Å². The van der Waals surface area contributed by atoms with Crippen molar-refractivity contribution < 1.29 is 0 Å². The van der Waals surface area contributed by atoms with E-state index in [0.29, 0.717) is 0 Å². The van der Waals surface area contributed by atoms with Gasteiger partial charge >= 0.3 is 0 Å². The number of fused-ring (bicyclic) bond motifs is 3. The molecule has 0 saturated heterocycles. The van der Waals surface area contributed by atoms with Gasteiger partial charge in [0.05, 0.1) is 0 Å². The monoisotopic (exact) mass is 183 g/mol. The first-order valence-electron chi connectivity index (χ1n) is 5.06. The largest absolute Gasteiger partial charge is 0.363 e. The van der Waals surface area contributed by atoms with Gasteiger partial charge in [0, 0.05) is 24.4 Å². The average Bonchev–Trinajstić information content (AvgIpc) is 2.56. The molecule has 0 N–H and O–H groups in total. The second-order valence-corrected chi connectivity index (χ2v) is 4.02. The van der Waals surface area contributed by atoms with E-state index in [1.165, 1.54) is 22.4 Å². The van der Waals surface area contributed by atoms with Crippen LogP contribution in [0.1, 0.15) is 16.7 Å². The fourth-order valence-corrected chi connectivity index (χ4v) is 2.23. The molecule has 0 saturated carbocycles. The van der Waals surface area contributed by atoms with Crippen LogP contribution in [0.4, 0.5) is 0 Å². The summed E-state index contributed by atoms with van der Waals surface area (Å²) in [7, 11) is 0. The van der Waals surface area contributed by atoms with E-state index in [-0.39, 0.29) is 0 Å². The topological polar surface area (TPSA) is 3.24 Å². The average molecular weight is 183 g/mol. The van der Waals surface area contributed by atoms with Gasteiger partial charge in [0.1, 0.15) is 0 Å². The molecule has 2 aliphatic heterocycles. The molecule has 3 rings (SSSR count). The third-order valence-corrected chi connectivity index (χ3v) is 2.96. The second-order valence-electron chi connectivity index (χ2n) is 4.02. The highest BCUT2D eigenvalue weighted by atomic mass is 15.2. The zero-order valence-electron chi connectivity index (χ0n) is 8.33. The zero-order chi connectivity index (χ0) is 9.54. The molecule has 2 heterocycles. The SMILES string of the molecule is Cc1ccc2c(c1)C1=CC=CCN1C2. The standard InChI is InChI=1S/C13H13N/c1-10-5-6-11-9-14-7-3-2-4-13(14)12(11)8-10/h2-6,8H,7,9H2,1H3. The first kappa shape index (κ1) is 7.86. The number of allylic oxidation sites excluding steroid dienone is 2. The number of aryl methyl sites for hydroxylation is 1. The number of nitrogens with zero attached hydrogens (tertiary/aromatic N) is 1. The summed E-state index contributed by atoms with van der Waals surface area (Å²) in [6.07, 6.45) is 6.58. The molecule has 1 aromatic rings. The van der Waals surface area contributed by atoms with E-state index in [0.717, 1.165) is 13.1 Å². The predicted molar refractivity (Wildman–Crippen MR) is 58.7 cm³/mol. The van der Waals surface area contributed by atoms with E-state index in [4.69, 9.17) is 0 Å². The van der Waals surface area contributed by atoms with Gasteiger partial charge in [-0.25, -0.2) is 0 Å². The molecular formula is C13H13N. The zero-order valence-corrected chi connectivity index (χ0v) is 8.33. The minimum absolute atomic E-state index is 1.06. The van der Waals surface area contributed by atoms with E-state index in [9.17, 15) is 0 Å². The van der Waals surface area contributed by atoms with Crippen molar-refractivity contribution in [2.45, 2.75) is 13.5 Å². The number of rotatable bonds is 0. The van der Waals surface area contributed by atoms with Gasteiger partial charge in [-0.05, 0) is 24.6 Å². The minimum atomic E-state index is 1.06. The Labute approximate surface area is 84.4 Å². The summed E-state index contributed by atoms with van der Waals surface area (Å²) < 4.78 is 0. The summed E-state index contributed by atoms with van der Waals surface area (Å²) in [5.41, 5.74) is 5.63. The van der Waals surface area contributed by atoms with Crippen LogP contribution in [-0.4, -0.2) is 11.4 Å². The Morgan fingerprint density at radius 3 is 3.14 bits per heavy atom. The van der Waals surface area contributed by atoms with Crippen LogP contribution >= 0.6 is 0 Å².